The Kier molecular flexibility index (Phi) is 1.96. The molecule has 3 rings (SSSR count). The third-order valence-electron chi connectivity index (χ3n) is 3.80. The SMILES string of the molecule is CN1CCC2(CC1)COc1ccncc12. The van der Waals surface area contributed by atoms with Crippen molar-refractivity contribution in [1.82, 2.24) is 9.88 Å². The number of rotatable bonds is 0. The van der Waals surface area contributed by atoms with E-state index in [-0.39, 0.29) is 5.41 Å². The maximum absolute atomic E-state index is 5.77. The minimum absolute atomic E-state index is 0.260. The second kappa shape index (κ2) is 3.20. The molecule has 3 heteroatoms. The van der Waals surface area contributed by atoms with Gasteiger partial charge in [0, 0.05) is 23.4 Å². The second-order valence-corrected chi connectivity index (χ2v) is 4.74. The fourth-order valence-corrected chi connectivity index (χ4v) is 2.66. The van der Waals surface area contributed by atoms with Gasteiger partial charge < -0.3 is 9.64 Å². The van der Waals surface area contributed by atoms with Gasteiger partial charge in [0.15, 0.2) is 0 Å². The van der Waals surface area contributed by atoms with Gasteiger partial charge in [-0.25, -0.2) is 0 Å². The number of likely N-dealkylation sites (tertiary alicyclic amines) is 1. The van der Waals surface area contributed by atoms with Crippen LogP contribution in [0.4, 0.5) is 0 Å². The van der Waals surface area contributed by atoms with Crippen molar-refractivity contribution in [2.24, 2.45) is 0 Å². The van der Waals surface area contributed by atoms with Crippen LogP contribution in [0.5, 0.6) is 5.75 Å². The van der Waals surface area contributed by atoms with Gasteiger partial charge in [-0.1, -0.05) is 0 Å². The van der Waals surface area contributed by atoms with Crippen molar-refractivity contribution in [3.05, 3.63) is 24.0 Å². The third-order valence-corrected chi connectivity index (χ3v) is 3.80. The van der Waals surface area contributed by atoms with E-state index in [2.05, 4.69) is 16.9 Å². The maximum atomic E-state index is 5.77. The highest BCUT2D eigenvalue weighted by atomic mass is 16.5. The van der Waals surface area contributed by atoms with Gasteiger partial charge in [-0.15, -0.1) is 0 Å². The summed E-state index contributed by atoms with van der Waals surface area (Å²) >= 11 is 0. The van der Waals surface area contributed by atoms with Crippen molar-refractivity contribution in [2.45, 2.75) is 18.3 Å². The molecule has 1 saturated heterocycles. The first-order valence-corrected chi connectivity index (χ1v) is 5.56. The van der Waals surface area contributed by atoms with Crippen molar-refractivity contribution in [1.29, 1.82) is 0 Å². The molecule has 1 fully saturated rings. The molecule has 0 atom stereocenters. The summed E-state index contributed by atoms with van der Waals surface area (Å²) in [6, 6.07) is 1.99. The number of hydrogen-bond acceptors (Lipinski definition) is 3. The minimum Gasteiger partial charge on any atom is -0.492 e. The fourth-order valence-electron chi connectivity index (χ4n) is 2.66. The van der Waals surface area contributed by atoms with E-state index < -0.39 is 0 Å². The first-order valence-electron chi connectivity index (χ1n) is 5.56. The van der Waals surface area contributed by atoms with E-state index in [1.807, 2.05) is 18.5 Å². The van der Waals surface area contributed by atoms with Crippen LogP contribution in [-0.4, -0.2) is 36.6 Å². The summed E-state index contributed by atoms with van der Waals surface area (Å²) in [5.74, 6) is 1.05. The molecule has 0 saturated carbocycles. The molecule has 2 aliphatic rings. The first kappa shape index (κ1) is 9.16. The summed E-state index contributed by atoms with van der Waals surface area (Å²) in [7, 11) is 2.19. The third kappa shape index (κ3) is 1.34. The Morgan fingerprint density at radius 1 is 1.40 bits per heavy atom. The fraction of sp³-hybridized carbons (Fsp3) is 0.583. The molecular formula is C12H16N2O. The zero-order valence-corrected chi connectivity index (χ0v) is 9.07. The van der Waals surface area contributed by atoms with Crippen LogP contribution < -0.4 is 4.74 Å². The van der Waals surface area contributed by atoms with Gasteiger partial charge in [-0.05, 0) is 39.0 Å². The average molecular weight is 204 g/mol. The van der Waals surface area contributed by atoms with Gasteiger partial charge in [-0.3, -0.25) is 4.98 Å². The Bertz CT molecular complexity index is 370. The van der Waals surface area contributed by atoms with E-state index in [1.165, 1.54) is 18.4 Å². The van der Waals surface area contributed by atoms with E-state index in [4.69, 9.17) is 4.74 Å². The molecule has 2 aliphatic heterocycles. The molecule has 15 heavy (non-hydrogen) atoms. The van der Waals surface area contributed by atoms with E-state index in [0.29, 0.717) is 0 Å². The number of nitrogens with zero attached hydrogens (tertiary/aromatic N) is 2. The normalized spacial score (nSPS) is 23.8. The summed E-state index contributed by atoms with van der Waals surface area (Å²) < 4.78 is 5.77. The lowest BCUT2D eigenvalue weighted by atomic mass is 9.75. The molecule has 0 aromatic carbocycles. The molecular weight excluding hydrogens is 188 g/mol. The van der Waals surface area contributed by atoms with Gasteiger partial charge in [0.05, 0.1) is 6.61 Å². The number of fused-ring (bicyclic) bond motifs is 2. The average Bonchev–Trinajstić information content (AvgIpc) is 2.63. The van der Waals surface area contributed by atoms with E-state index in [9.17, 15) is 0 Å². The second-order valence-electron chi connectivity index (χ2n) is 4.74. The van der Waals surface area contributed by atoms with Crippen molar-refractivity contribution in [3.63, 3.8) is 0 Å². The van der Waals surface area contributed by atoms with Gasteiger partial charge in [0.2, 0.25) is 0 Å². The van der Waals surface area contributed by atoms with Crippen LogP contribution in [0.2, 0.25) is 0 Å². The Hall–Kier alpha value is -1.09. The number of hydrogen-bond donors (Lipinski definition) is 0. The highest BCUT2D eigenvalue weighted by molar-refractivity contribution is 5.41. The molecule has 3 heterocycles. The molecule has 3 nitrogen and oxygen atoms in total. The van der Waals surface area contributed by atoms with E-state index >= 15 is 0 Å². The van der Waals surface area contributed by atoms with Crippen molar-refractivity contribution >= 4 is 0 Å². The number of ether oxygens (including phenoxy) is 1. The van der Waals surface area contributed by atoms with Crippen LogP contribution in [0.3, 0.4) is 0 Å². The summed E-state index contributed by atoms with van der Waals surface area (Å²) in [6.07, 6.45) is 6.20. The lowest BCUT2D eigenvalue weighted by molar-refractivity contribution is 0.155. The van der Waals surface area contributed by atoms with E-state index in [0.717, 1.165) is 25.4 Å². The molecule has 80 valence electrons. The number of piperidine rings is 1. The highest BCUT2D eigenvalue weighted by Gasteiger charge is 2.42. The summed E-state index contributed by atoms with van der Waals surface area (Å²) in [6.45, 7) is 3.18. The largest absolute Gasteiger partial charge is 0.492 e. The monoisotopic (exact) mass is 204 g/mol. The van der Waals surface area contributed by atoms with Crippen LogP contribution in [0.25, 0.3) is 0 Å². The molecule has 0 N–H and O–H groups in total. The summed E-state index contributed by atoms with van der Waals surface area (Å²) in [5, 5.41) is 0. The smallest absolute Gasteiger partial charge is 0.126 e. The minimum atomic E-state index is 0.260. The van der Waals surface area contributed by atoms with Gasteiger partial charge >= 0.3 is 0 Å². The van der Waals surface area contributed by atoms with Gasteiger partial charge in [0.25, 0.3) is 0 Å². The predicted octanol–water partition coefficient (Wildman–Crippen LogP) is 1.44. The molecule has 0 radical (unpaired) electrons. The van der Waals surface area contributed by atoms with Crippen molar-refractivity contribution < 1.29 is 4.74 Å². The van der Waals surface area contributed by atoms with Crippen LogP contribution >= 0.6 is 0 Å². The van der Waals surface area contributed by atoms with Crippen molar-refractivity contribution in [2.75, 3.05) is 26.7 Å². The Balaban J connectivity index is 1.95. The van der Waals surface area contributed by atoms with Crippen LogP contribution in [0, 0.1) is 0 Å². The predicted molar refractivity (Wildman–Crippen MR) is 58.1 cm³/mol. The molecule has 1 aromatic heterocycles. The van der Waals surface area contributed by atoms with Crippen LogP contribution in [0.1, 0.15) is 18.4 Å². The maximum Gasteiger partial charge on any atom is 0.126 e. The Morgan fingerprint density at radius 2 is 2.20 bits per heavy atom. The Morgan fingerprint density at radius 3 is 3.00 bits per heavy atom. The summed E-state index contributed by atoms with van der Waals surface area (Å²) in [4.78, 5) is 6.62. The van der Waals surface area contributed by atoms with Gasteiger partial charge in [-0.2, -0.15) is 0 Å². The lowest BCUT2D eigenvalue weighted by Gasteiger charge is -2.36. The number of pyridine rings is 1. The zero-order chi connectivity index (χ0) is 10.3. The van der Waals surface area contributed by atoms with Crippen molar-refractivity contribution in [3.8, 4) is 5.75 Å². The van der Waals surface area contributed by atoms with Gasteiger partial charge in [0.1, 0.15) is 5.75 Å². The number of aromatic nitrogens is 1. The molecule has 0 bridgehead atoms. The standard InChI is InChI=1S/C12H16N2O/c1-14-6-3-12(4-7-14)9-15-11-2-5-13-8-10(11)12/h2,5,8H,3-4,6-7,9H2,1H3. The highest BCUT2D eigenvalue weighted by Crippen LogP contribution is 2.44. The molecule has 0 amide bonds. The molecule has 0 aliphatic carbocycles. The van der Waals surface area contributed by atoms with Crippen LogP contribution in [-0.2, 0) is 5.41 Å². The molecule has 0 unspecified atom stereocenters. The van der Waals surface area contributed by atoms with E-state index in [1.54, 1.807) is 0 Å². The van der Waals surface area contributed by atoms with Crippen LogP contribution in [0.15, 0.2) is 18.5 Å². The first-order chi connectivity index (χ1) is 7.30. The quantitative estimate of drug-likeness (QED) is 0.639. The summed E-state index contributed by atoms with van der Waals surface area (Å²) in [5.41, 5.74) is 1.59. The topological polar surface area (TPSA) is 25.4 Å². The molecule has 1 spiro atoms. The molecule has 1 aromatic rings. The lowest BCUT2D eigenvalue weighted by Crippen LogP contribution is -2.41. The Labute approximate surface area is 90.1 Å². The zero-order valence-electron chi connectivity index (χ0n) is 9.07.